The first kappa shape index (κ1) is 11.8. The molecule has 0 amide bonds. The molecule has 17 heavy (non-hydrogen) atoms. The Kier molecular flexibility index (Phi) is 3.85. The summed E-state index contributed by atoms with van der Waals surface area (Å²) in [7, 11) is 0. The molecule has 4 nitrogen and oxygen atoms in total. The molecule has 0 radical (unpaired) electrons. The lowest BCUT2D eigenvalue weighted by Crippen LogP contribution is -2.06. The number of carbonyl (C=O) groups is 1. The number of benzene rings is 1. The molecule has 0 saturated heterocycles. The number of Topliss-reactive ketones (excluding diaryl/α,β-unsaturated/α-hetero) is 1. The fraction of sp³-hybridized carbons (Fsp3) is 0.0833. The highest BCUT2D eigenvalue weighted by molar-refractivity contribution is 7.93. The van der Waals surface area contributed by atoms with E-state index in [0.717, 1.165) is 5.56 Å². The van der Waals surface area contributed by atoms with Gasteiger partial charge in [-0.2, -0.15) is 0 Å². The average Bonchev–Trinajstić information content (AvgIpc) is 2.40. The fourth-order valence-corrected chi connectivity index (χ4v) is 1.66. The topological polar surface area (TPSA) is 63.1 Å². The molecule has 0 atom stereocenters. The van der Waals surface area contributed by atoms with Crippen molar-refractivity contribution in [2.75, 3.05) is 0 Å². The number of aromatic nitrogens is 2. The third-order valence-electron chi connectivity index (χ3n) is 2.21. The summed E-state index contributed by atoms with van der Waals surface area (Å²) < 4.78 is 8.81. The van der Waals surface area contributed by atoms with Crippen LogP contribution < -0.4 is 0 Å². The smallest absolute Gasteiger partial charge is 0.215 e. The molecule has 0 unspecified atom stereocenters. The molecule has 0 spiro atoms. The van der Waals surface area contributed by atoms with Gasteiger partial charge in [-0.25, -0.2) is 9.97 Å². The molecule has 1 heterocycles. The maximum atomic E-state index is 11.9. The Labute approximate surface area is 103 Å². The predicted molar refractivity (Wildman–Crippen MR) is 65.0 cm³/mol. The van der Waals surface area contributed by atoms with E-state index in [0.29, 0.717) is 24.2 Å². The third-order valence-corrected chi connectivity index (χ3v) is 2.57. The number of hydrogen-bond acceptors (Lipinski definition) is 5. The standard InChI is InChI=1S/C12H10N2O2S/c15-11(8-9-4-2-1-3-5-9)10-6-7-13-12(14-10)17-16/h1-7,16H,8H2. The predicted octanol–water partition coefficient (Wildman–Crippen LogP) is 2.47. The molecular formula is C12H10N2O2S. The van der Waals surface area contributed by atoms with Gasteiger partial charge in [-0.05, 0) is 11.6 Å². The van der Waals surface area contributed by atoms with Crippen LogP contribution in [0.5, 0.6) is 0 Å². The summed E-state index contributed by atoms with van der Waals surface area (Å²) in [5.41, 5.74) is 1.26. The zero-order valence-corrected chi connectivity index (χ0v) is 9.72. The Bertz CT molecular complexity index is 517. The summed E-state index contributed by atoms with van der Waals surface area (Å²) in [6, 6.07) is 11.0. The van der Waals surface area contributed by atoms with Gasteiger partial charge in [0.2, 0.25) is 5.16 Å². The first-order chi connectivity index (χ1) is 8.29. The van der Waals surface area contributed by atoms with Gasteiger partial charge >= 0.3 is 0 Å². The summed E-state index contributed by atoms with van der Waals surface area (Å²) in [6.45, 7) is 0. The minimum Gasteiger partial charge on any atom is -0.323 e. The molecule has 1 aromatic heterocycles. The molecule has 2 rings (SSSR count). The summed E-state index contributed by atoms with van der Waals surface area (Å²) in [5.74, 6) is -0.0890. The van der Waals surface area contributed by atoms with Crippen LogP contribution in [0, 0.1) is 0 Å². The summed E-state index contributed by atoms with van der Waals surface area (Å²) in [4.78, 5) is 19.6. The average molecular weight is 246 g/mol. The molecule has 0 saturated carbocycles. The summed E-state index contributed by atoms with van der Waals surface area (Å²) >= 11 is 0.432. The molecule has 86 valence electrons. The Hall–Kier alpha value is -1.72. The van der Waals surface area contributed by atoms with E-state index < -0.39 is 0 Å². The van der Waals surface area contributed by atoms with E-state index in [1.165, 1.54) is 6.20 Å². The fourth-order valence-electron chi connectivity index (χ4n) is 1.41. The maximum absolute atomic E-state index is 11.9. The molecular weight excluding hydrogens is 236 g/mol. The van der Waals surface area contributed by atoms with Crippen LogP contribution in [0.3, 0.4) is 0 Å². The van der Waals surface area contributed by atoms with E-state index in [-0.39, 0.29) is 10.9 Å². The van der Waals surface area contributed by atoms with E-state index in [9.17, 15) is 4.79 Å². The van der Waals surface area contributed by atoms with Crippen LogP contribution >= 0.6 is 12.0 Å². The SMILES string of the molecule is O=C(Cc1ccccc1)c1ccnc(SO)n1. The highest BCUT2D eigenvalue weighted by Gasteiger charge is 2.09. The van der Waals surface area contributed by atoms with E-state index in [1.54, 1.807) is 6.07 Å². The normalized spacial score (nSPS) is 10.2. The van der Waals surface area contributed by atoms with E-state index >= 15 is 0 Å². The van der Waals surface area contributed by atoms with Crippen molar-refractivity contribution in [1.29, 1.82) is 0 Å². The molecule has 0 bridgehead atoms. The molecule has 2 aromatic rings. The number of carbonyl (C=O) groups excluding carboxylic acids is 1. The van der Waals surface area contributed by atoms with Crippen molar-refractivity contribution in [1.82, 2.24) is 9.97 Å². The van der Waals surface area contributed by atoms with Crippen LogP contribution in [0.15, 0.2) is 47.8 Å². The monoisotopic (exact) mass is 246 g/mol. The van der Waals surface area contributed by atoms with Crippen molar-refractivity contribution in [2.45, 2.75) is 11.6 Å². The van der Waals surface area contributed by atoms with Gasteiger partial charge in [0.1, 0.15) is 5.69 Å². The van der Waals surface area contributed by atoms with Crippen molar-refractivity contribution in [2.24, 2.45) is 0 Å². The molecule has 0 aliphatic rings. The number of hydrogen-bond donors (Lipinski definition) is 1. The molecule has 1 N–H and O–H groups in total. The molecule has 1 aromatic carbocycles. The highest BCUT2D eigenvalue weighted by atomic mass is 32.2. The van der Waals surface area contributed by atoms with Gasteiger partial charge in [-0.1, -0.05) is 30.3 Å². The quantitative estimate of drug-likeness (QED) is 0.510. The zero-order valence-electron chi connectivity index (χ0n) is 8.91. The number of rotatable bonds is 4. The highest BCUT2D eigenvalue weighted by Crippen LogP contribution is 2.10. The first-order valence-corrected chi connectivity index (χ1v) is 5.78. The van der Waals surface area contributed by atoms with Crippen molar-refractivity contribution in [3.63, 3.8) is 0 Å². The lowest BCUT2D eigenvalue weighted by Gasteiger charge is -2.01. The van der Waals surface area contributed by atoms with Crippen LogP contribution in [0.2, 0.25) is 0 Å². The Morgan fingerprint density at radius 3 is 2.71 bits per heavy atom. The van der Waals surface area contributed by atoms with E-state index in [1.807, 2.05) is 30.3 Å². The Balaban J connectivity index is 2.14. The van der Waals surface area contributed by atoms with Crippen LogP contribution in [0.4, 0.5) is 0 Å². The molecule has 0 aliphatic heterocycles. The Morgan fingerprint density at radius 2 is 2.00 bits per heavy atom. The van der Waals surface area contributed by atoms with E-state index in [2.05, 4.69) is 9.97 Å². The van der Waals surface area contributed by atoms with Crippen LogP contribution in [0.1, 0.15) is 16.1 Å². The van der Waals surface area contributed by atoms with Crippen molar-refractivity contribution in [3.05, 3.63) is 53.9 Å². The van der Waals surface area contributed by atoms with Crippen LogP contribution in [0.25, 0.3) is 0 Å². The second-order valence-electron chi connectivity index (χ2n) is 3.40. The van der Waals surface area contributed by atoms with Gasteiger partial charge in [0.25, 0.3) is 0 Å². The molecule has 5 heteroatoms. The van der Waals surface area contributed by atoms with Gasteiger partial charge in [-0.3, -0.25) is 4.79 Å². The lowest BCUT2D eigenvalue weighted by molar-refractivity contribution is 0.0987. The summed E-state index contributed by atoms with van der Waals surface area (Å²) in [5, 5.41) is 0.184. The first-order valence-electron chi connectivity index (χ1n) is 5.01. The van der Waals surface area contributed by atoms with E-state index in [4.69, 9.17) is 4.55 Å². The van der Waals surface area contributed by atoms with Gasteiger partial charge in [0.15, 0.2) is 5.78 Å². The molecule has 0 aliphatic carbocycles. The van der Waals surface area contributed by atoms with Gasteiger partial charge in [0, 0.05) is 12.6 Å². The second kappa shape index (κ2) is 5.56. The second-order valence-corrected chi connectivity index (χ2v) is 3.95. The van der Waals surface area contributed by atoms with Crippen molar-refractivity contribution >= 4 is 17.8 Å². The number of ketones is 1. The maximum Gasteiger partial charge on any atom is 0.215 e. The minimum atomic E-state index is -0.0890. The van der Waals surface area contributed by atoms with Crippen molar-refractivity contribution in [3.8, 4) is 0 Å². The van der Waals surface area contributed by atoms with Gasteiger partial charge in [-0.15, -0.1) is 0 Å². The number of nitrogens with zero attached hydrogens (tertiary/aromatic N) is 2. The minimum absolute atomic E-state index is 0.0890. The largest absolute Gasteiger partial charge is 0.323 e. The van der Waals surface area contributed by atoms with Crippen LogP contribution in [-0.4, -0.2) is 20.3 Å². The lowest BCUT2D eigenvalue weighted by atomic mass is 10.1. The van der Waals surface area contributed by atoms with Crippen molar-refractivity contribution < 1.29 is 9.35 Å². The molecule has 0 fully saturated rings. The summed E-state index contributed by atoms with van der Waals surface area (Å²) in [6.07, 6.45) is 1.76. The van der Waals surface area contributed by atoms with Gasteiger partial charge in [0.05, 0.1) is 12.0 Å². The van der Waals surface area contributed by atoms with Crippen LogP contribution in [-0.2, 0) is 6.42 Å². The third kappa shape index (κ3) is 3.12. The van der Waals surface area contributed by atoms with Gasteiger partial charge < -0.3 is 4.55 Å². The Morgan fingerprint density at radius 1 is 1.24 bits per heavy atom. The zero-order chi connectivity index (χ0) is 12.1.